The molecule has 0 aliphatic rings. The molecule has 0 fully saturated rings. The molecule has 0 unspecified atom stereocenters. The molecule has 0 spiro atoms. The van der Waals surface area contributed by atoms with Gasteiger partial charge >= 0.3 is 0 Å². The number of nitrogens with one attached hydrogen (secondary N) is 2. The third-order valence-corrected chi connectivity index (χ3v) is 2.69. The molecule has 0 bridgehead atoms. The normalized spacial score (nSPS) is 11.3. The molecule has 1 aromatic heterocycles. The van der Waals surface area contributed by atoms with E-state index in [0.717, 1.165) is 16.4 Å². The van der Waals surface area contributed by atoms with Crippen molar-refractivity contribution in [3.63, 3.8) is 0 Å². The van der Waals surface area contributed by atoms with Crippen molar-refractivity contribution in [2.45, 2.75) is 0 Å². The highest BCUT2D eigenvalue weighted by atomic mass is 79.9. The van der Waals surface area contributed by atoms with Crippen LogP contribution in [0.1, 0.15) is 0 Å². The fourth-order valence-corrected chi connectivity index (χ4v) is 1.79. The van der Waals surface area contributed by atoms with Crippen LogP contribution in [0.25, 0.3) is 0 Å². The lowest BCUT2D eigenvalue weighted by Crippen LogP contribution is -2.27. The molecule has 0 aliphatic heterocycles. The first-order valence-corrected chi connectivity index (χ1v) is 6.95. The number of nitrogens with zero attached hydrogens (tertiary/aromatic N) is 1. The van der Waals surface area contributed by atoms with Gasteiger partial charge in [0.25, 0.3) is 0 Å². The van der Waals surface area contributed by atoms with Gasteiger partial charge in [-0.15, -0.1) is 0 Å². The SMILES string of the molecule is CS(=O)(=O)NCCNc1cncc(Br)c1. The zero-order chi connectivity index (χ0) is 11.3. The van der Waals surface area contributed by atoms with E-state index in [1.54, 1.807) is 12.4 Å². The largest absolute Gasteiger partial charge is 0.382 e. The molecule has 1 rings (SSSR count). The van der Waals surface area contributed by atoms with Crippen molar-refractivity contribution in [3.8, 4) is 0 Å². The first kappa shape index (κ1) is 12.4. The van der Waals surface area contributed by atoms with Crippen LogP contribution >= 0.6 is 15.9 Å². The number of hydrogen-bond donors (Lipinski definition) is 2. The predicted octanol–water partition coefficient (Wildman–Crippen LogP) is 0.805. The van der Waals surface area contributed by atoms with Crippen molar-refractivity contribution < 1.29 is 8.42 Å². The smallest absolute Gasteiger partial charge is 0.208 e. The van der Waals surface area contributed by atoms with Crippen molar-refractivity contribution in [3.05, 3.63) is 22.9 Å². The minimum atomic E-state index is -3.10. The number of aromatic nitrogens is 1. The summed E-state index contributed by atoms with van der Waals surface area (Å²) in [6.45, 7) is 0.872. The standard InChI is InChI=1S/C8H12BrN3O2S/c1-15(13,14)12-3-2-11-8-4-7(9)5-10-6-8/h4-6,11-12H,2-3H2,1H3. The minimum Gasteiger partial charge on any atom is -0.382 e. The molecule has 84 valence electrons. The first-order valence-electron chi connectivity index (χ1n) is 4.26. The molecule has 5 nitrogen and oxygen atoms in total. The Bertz CT molecular complexity index is 422. The first-order chi connectivity index (χ1) is 6.97. The Kier molecular flexibility index (Phi) is 4.49. The second-order valence-corrected chi connectivity index (χ2v) is 5.73. The van der Waals surface area contributed by atoms with Gasteiger partial charge in [0.15, 0.2) is 0 Å². The van der Waals surface area contributed by atoms with E-state index >= 15 is 0 Å². The van der Waals surface area contributed by atoms with Crippen molar-refractivity contribution in [1.82, 2.24) is 9.71 Å². The van der Waals surface area contributed by atoms with Crippen LogP contribution in [0.5, 0.6) is 0 Å². The van der Waals surface area contributed by atoms with Gasteiger partial charge in [-0.05, 0) is 22.0 Å². The molecule has 0 saturated heterocycles. The van der Waals surface area contributed by atoms with Crippen LogP contribution in [0.3, 0.4) is 0 Å². The summed E-state index contributed by atoms with van der Waals surface area (Å²) >= 11 is 3.29. The summed E-state index contributed by atoms with van der Waals surface area (Å²) in [5.41, 5.74) is 0.847. The Hall–Kier alpha value is -0.660. The Balaban J connectivity index is 2.32. The van der Waals surface area contributed by atoms with Crippen LogP contribution in [0.15, 0.2) is 22.9 Å². The van der Waals surface area contributed by atoms with Gasteiger partial charge in [-0.3, -0.25) is 4.98 Å². The van der Waals surface area contributed by atoms with E-state index in [4.69, 9.17) is 0 Å². The molecular formula is C8H12BrN3O2S. The van der Waals surface area contributed by atoms with Crippen LogP contribution in [-0.2, 0) is 10.0 Å². The third kappa shape index (κ3) is 5.71. The summed E-state index contributed by atoms with van der Waals surface area (Å²) in [7, 11) is -3.10. The Morgan fingerprint density at radius 2 is 2.13 bits per heavy atom. The maximum absolute atomic E-state index is 10.7. The lowest BCUT2D eigenvalue weighted by atomic mass is 10.4. The third-order valence-electron chi connectivity index (χ3n) is 1.52. The summed E-state index contributed by atoms with van der Waals surface area (Å²) in [4.78, 5) is 3.96. The van der Waals surface area contributed by atoms with E-state index in [1.807, 2.05) is 6.07 Å². The molecular weight excluding hydrogens is 282 g/mol. The molecule has 0 atom stereocenters. The zero-order valence-electron chi connectivity index (χ0n) is 8.20. The van der Waals surface area contributed by atoms with Crippen molar-refractivity contribution in [2.24, 2.45) is 0 Å². The Morgan fingerprint density at radius 3 is 2.73 bits per heavy atom. The van der Waals surface area contributed by atoms with Crippen LogP contribution in [-0.4, -0.2) is 32.7 Å². The van der Waals surface area contributed by atoms with Gasteiger partial charge in [0.1, 0.15) is 0 Å². The van der Waals surface area contributed by atoms with E-state index in [-0.39, 0.29) is 0 Å². The van der Waals surface area contributed by atoms with E-state index in [1.165, 1.54) is 0 Å². The lowest BCUT2D eigenvalue weighted by Gasteiger charge is -2.06. The summed E-state index contributed by atoms with van der Waals surface area (Å²) in [5.74, 6) is 0. The molecule has 15 heavy (non-hydrogen) atoms. The molecule has 1 heterocycles. The van der Waals surface area contributed by atoms with Gasteiger partial charge < -0.3 is 5.32 Å². The molecule has 0 aromatic carbocycles. The average Bonchev–Trinajstić information content (AvgIpc) is 2.11. The predicted molar refractivity (Wildman–Crippen MR) is 63.3 cm³/mol. The second kappa shape index (κ2) is 5.43. The molecule has 2 N–H and O–H groups in total. The number of rotatable bonds is 5. The van der Waals surface area contributed by atoms with Gasteiger partial charge in [0, 0.05) is 23.8 Å². The number of anilines is 1. The molecule has 0 saturated carbocycles. The average molecular weight is 294 g/mol. The Morgan fingerprint density at radius 1 is 1.40 bits per heavy atom. The minimum absolute atomic E-state index is 0.353. The molecule has 0 aliphatic carbocycles. The maximum atomic E-state index is 10.7. The Labute approximate surface area is 97.5 Å². The van der Waals surface area contributed by atoms with Crippen LogP contribution in [0.2, 0.25) is 0 Å². The molecule has 0 amide bonds. The fraction of sp³-hybridized carbons (Fsp3) is 0.375. The summed E-state index contributed by atoms with van der Waals surface area (Å²) in [5, 5.41) is 3.04. The summed E-state index contributed by atoms with van der Waals surface area (Å²) in [6, 6.07) is 1.87. The summed E-state index contributed by atoms with van der Waals surface area (Å²) in [6.07, 6.45) is 4.48. The van der Waals surface area contributed by atoms with E-state index in [9.17, 15) is 8.42 Å². The number of sulfonamides is 1. The number of pyridine rings is 1. The van der Waals surface area contributed by atoms with Crippen LogP contribution < -0.4 is 10.0 Å². The highest BCUT2D eigenvalue weighted by Gasteiger charge is 1.98. The van der Waals surface area contributed by atoms with E-state index < -0.39 is 10.0 Å². The van der Waals surface area contributed by atoms with Crippen LogP contribution in [0.4, 0.5) is 5.69 Å². The number of halogens is 1. The molecule has 1 aromatic rings. The maximum Gasteiger partial charge on any atom is 0.208 e. The fourth-order valence-electron chi connectivity index (χ4n) is 0.952. The second-order valence-electron chi connectivity index (χ2n) is 2.99. The molecule has 0 radical (unpaired) electrons. The number of hydrogen-bond acceptors (Lipinski definition) is 4. The van der Waals surface area contributed by atoms with Gasteiger partial charge in [0.05, 0.1) is 18.1 Å². The van der Waals surface area contributed by atoms with Crippen molar-refractivity contribution in [1.29, 1.82) is 0 Å². The lowest BCUT2D eigenvalue weighted by molar-refractivity contribution is 0.589. The molecule has 7 heteroatoms. The van der Waals surface area contributed by atoms with E-state index in [0.29, 0.717) is 13.1 Å². The van der Waals surface area contributed by atoms with E-state index in [2.05, 4.69) is 31.0 Å². The quantitative estimate of drug-likeness (QED) is 0.788. The van der Waals surface area contributed by atoms with Crippen molar-refractivity contribution >= 4 is 31.6 Å². The van der Waals surface area contributed by atoms with Crippen molar-refractivity contribution in [2.75, 3.05) is 24.7 Å². The highest BCUT2D eigenvalue weighted by Crippen LogP contribution is 2.12. The van der Waals surface area contributed by atoms with Gasteiger partial charge in [0.2, 0.25) is 10.0 Å². The monoisotopic (exact) mass is 293 g/mol. The topological polar surface area (TPSA) is 71.1 Å². The van der Waals surface area contributed by atoms with Crippen LogP contribution in [0, 0.1) is 0 Å². The van der Waals surface area contributed by atoms with Gasteiger partial charge in [-0.1, -0.05) is 0 Å². The van der Waals surface area contributed by atoms with Gasteiger partial charge in [-0.2, -0.15) is 0 Å². The highest BCUT2D eigenvalue weighted by molar-refractivity contribution is 9.10. The summed E-state index contributed by atoms with van der Waals surface area (Å²) < 4.78 is 24.7. The zero-order valence-corrected chi connectivity index (χ0v) is 10.6. The van der Waals surface area contributed by atoms with Gasteiger partial charge in [-0.25, -0.2) is 13.1 Å².